The Morgan fingerprint density at radius 3 is 3.00 bits per heavy atom. The predicted octanol–water partition coefficient (Wildman–Crippen LogP) is 2.66. The van der Waals surface area contributed by atoms with E-state index in [2.05, 4.69) is 22.5 Å². The number of carbonyl (C=O) groups excluding carboxylic acids is 1. The molecule has 1 aliphatic heterocycles. The first-order chi connectivity index (χ1) is 12.6. The largest absolute Gasteiger partial charge is 0.369 e. The maximum Gasteiger partial charge on any atom is 0.221 e. The SMILES string of the molecule is NC(=O)Cc1cc(F)cc2cn(-c3cccc(C4CCCNC4)c3)nc12. The Morgan fingerprint density at radius 2 is 2.23 bits per heavy atom. The van der Waals surface area contributed by atoms with Gasteiger partial charge in [-0.3, -0.25) is 4.79 Å². The molecule has 0 radical (unpaired) electrons. The van der Waals surface area contributed by atoms with Gasteiger partial charge in [-0.25, -0.2) is 9.07 Å². The highest BCUT2D eigenvalue weighted by atomic mass is 19.1. The number of hydrogen-bond donors (Lipinski definition) is 2. The normalized spacial score (nSPS) is 17.5. The van der Waals surface area contributed by atoms with Gasteiger partial charge in [-0.2, -0.15) is 5.10 Å². The fourth-order valence-corrected chi connectivity index (χ4v) is 3.68. The van der Waals surface area contributed by atoms with E-state index in [0.29, 0.717) is 22.4 Å². The minimum atomic E-state index is -0.502. The highest BCUT2D eigenvalue weighted by Crippen LogP contribution is 2.26. The van der Waals surface area contributed by atoms with Crippen LogP contribution in [0.25, 0.3) is 16.6 Å². The molecule has 2 heterocycles. The molecule has 4 rings (SSSR count). The Morgan fingerprint density at radius 1 is 1.35 bits per heavy atom. The number of carbonyl (C=O) groups is 1. The van der Waals surface area contributed by atoms with E-state index >= 15 is 0 Å². The van der Waals surface area contributed by atoms with E-state index < -0.39 is 11.7 Å². The van der Waals surface area contributed by atoms with Crippen molar-refractivity contribution >= 4 is 16.8 Å². The summed E-state index contributed by atoms with van der Waals surface area (Å²) in [5.74, 6) is -0.398. The summed E-state index contributed by atoms with van der Waals surface area (Å²) in [7, 11) is 0. The van der Waals surface area contributed by atoms with Crippen LogP contribution in [0.15, 0.2) is 42.6 Å². The van der Waals surface area contributed by atoms with Crippen molar-refractivity contribution < 1.29 is 9.18 Å². The zero-order valence-corrected chi connectivity index (χ0v) is 14.4. The van der Waals surface area contributed by atoms with Gasteiger partial charge in [-0.1, -0.05) is 12.1 Å². The van der Waals surface area contributed by atoms with E-state index in [-0.39, 0.29) is 6.42 Å². The first kappa shape index (κ1) is 16.7. The smallest absolute Gasteiger partial charge is 0.221 e. The second-order valence-corrected chi connectivity index (χ2v) is 6.86. The number of nitrogens with zero attached hydrogens (tertiary/aromatic N) is 2. The van der Waals surface area contributed by atoms with Crippen molar-refractivity contribution in [2.75, 3.05) is 13.1 Å². The number of halogens is 1. The van der Waals surface area contributed by atoms with Gasteiger partial charge in [0.05, 0.1) is 17.6 Å². The molecule has 6 heteroatoms. The average Bonchev–Trinajstić information content (AvgIpc) is 3.06. The Kier molecular flexibility index (Phi) is 4.42. The maximum absolute atomic E-state index is 13.9. The molecule has 0 spiro atoms. The third kappa shape index (κ3) is 3.32. The summed E-state index contributed by atoms with van der Waals surface area (Å²) >= 11 is 0. The Bertz CT molecular complexity index is 960. The number of aromatic nitrogens is 2. The molecule has 0 saturated carbocycles. The van der Waals surface area contributed by atoms with Crippen molar-refractivity contribution in [2.45, 2.75) is 25.2 Å². The molecule has 1 unspecified atom stereocenters. The number of nitrogens with one attached hydrogen (secondary N) is 1. The second-order valence-electron chi connectivity index (χ2n) is 6.86. The summed E-state index contributed by atoms with van der Waals surface area (Å²) in [6.07, 6.45) is 4.11. The highest BCUT2D eigenvalue weighted by molar-refractivity contribution is 5.87. The number of nitrogens with two attached hydrogens (primary N) is 1. The van der Waals surface area contributed by atoms with Crippen molar-refractivity contribution in [3.8, 4) is 5.69 Å². The number of primary amides is 1. The molecule has 5 nitrogen and oxygen atoms in total. The quantitative estimate of drug-likeness (QED) is 0.758. The third-order valence-corrected chi connectivity index (χ3v) is 4.92. The Hall–Kier alpha value is -2.73. The summed E-state index contributed by atoms with van der Waals surface area (Å²) in [5.41, 5.74) is 8.60. The molecular formula is C20H21FN4O. The van der Waals surface area contributed by atoms with Gasteiger partial charge in [0.25, 0.3) is 0 Å². The third-order valence-electron chi connectivity index (χ3n) is 4.92. The van der Waals surface area contributed by atoms with Crippen molar-refractivity contribution in [1.29, 1.82) is 0 Å². The van der Waals surface area contributed by atoms with E-state index in [1.54, 1.807) is 10.9 Å². The lowest BCUT2D eigenvalue weighted by atomic mass is 9.91. The van der Waals surface area contributed by atoms with Crippen LogP contribution >= 0.6 is 0 Å². The first-order valence-electron chi connectivity index (χ1n) is 8.87. The van der Waals surface area contributed by atoms with Crippen LogP contribution in [0.5, 0.6) is 0 Å². The van der Waals surface area contributed by atoms with Gasteiger partial charge in [0.1, 0.15) is 5.82 Å². The maximum atomic E-state index is 13.9. The topological polar surface area (TPSA) is 72.9 Å². The van der Waals surface area contributed by atoms with E-state index in [4.69, 9.17) is 5.73 Å². The molecule has 2 aromatic carbocycles. The highest BCUT2D eigenvalue weighted by Gasteiger charge is 2.16. The van der Waals surface area contributed by atoms with Gasteiger partial charge in [0.2, 0.25) is 5.91 Å². The van der Waals surface area contributed by atoms with Crippen molar-refractivity contribution in [1.82, 2.24) is 15.1 Å². The van der Waals surface area contributed by atoms with Crippen LogP contribution in [-0.2, 0) is 11.2 Å². The van der Waals surface area contributed by atoms with Crippen LogP contribution in [0, 0.1) is 5.82 Å². The summed E-state index contributed by atoms with van der Waals surface area (Å²) in [4.78, 5) is 11.3. The van der Waals surface area contributed by atoms with Gasteiger partial charge >= 0.3 is 0 Å². The molecule has 3 aromatic rings. The number of benzene rings is 2. The van der Waals surface area contributed by atoms with Crippen LogP contribution in [0.4, 0.5) is 4.39 Å². The number of rotatable bonds is 4. The summed E-state index contributed by atoms with van der Waals surface area (Å²) < 4.78 is 15.6. The molecule has 1 fully saturated rings. The molecule has 26 heavy (non-hydrogen) atoms. The molecule has 0 bridgehead atoms. The molecule has 1 saturated heterocycles. The molecule has 0 aliphatic carbocycles. The fraction of sp³-hybridized carbons (Fsp3) is 0.300. The zero-order valence-electron chi connectivity index (χ0n) is 14.4. The van der Waals surface area contributed by atoms with E-state index in [1.165, 1.54) is 30.5 Å². The van der Waals surface area contributed by atoms with Gasteiger partial charge in [0.15, 0.2) is 0 Å². The predicted molar refractivity (Wildman–Crippen MR) is 98.8 cm³/mol. The fourth-order valence-electron chi connectivity index (χ4n) is 3.68. The van der Waals surface area contributed by atoms with Crippen LogP contribution in [-0.4, -0.2) is 28.8 Å². The Labute approximate surface area is 151 Å². The lowest BCUT2D eigenvalue weighted by molar-refractivity contribution is -0.117. The summed E-state index contributed by atoms with van der Waals surface area (Å²) in [6, 6.07) is 11.0. The average molecular weight is 352 g/mol. The standard InChI is InChI=1S/C20H21FN4O/c21-17-7-15(10-19(22)26)20-16(8-17)12-25(24-20)18-5-1-3-13(9-18)14-4-2-6-23-11-14/h1,3,5,7-9,12,14,23H,2,4,6,10-11H2,(H2,22,26). The monoisotopic (exact) mass is 352 g/mol. The molecule has 1 atom stereocenters. The van der Waals surface area contributed by atoms with E-state index in [9.17, 15) is 9.18 Å². The van der Waals surface area contributed by atoms with Gasteiger partial charge in [-0.05, 0) is 60.7 Å². The molecule has 1 amide bonds. The Balaban J connectivity index is 1.73. The minimum Gasteiger partial charge on any atom is -0.369 e. The zero-order chi connectivity index (χ0) is 18.1. The summed E-state index contributed by atoms with van der Waals surface area (Å²) in [6.45, 7) is 2.06. The molecular weight excluding hydrogens is 331 g/mol. The van der Waals surface area contributed by atoms with E-state index in [1.807, 2.05) is 12.1 Å². The van der Waals surface area contributed by atoms with Gasteiger partial charge in [-0.15, -0.1) is 0 Å². The van der Waals surface area contributed by atoms with Crippen molar-refractivity contribution in [3.05, 3.63) is 59.5 Å². The molecule has 134 valence electrons. The summed E-state index contributed by atoms with van der Waals surface area (Å²) in [5, 5.41) is 8.69. The molecule has 3 N–H and O–H groups in total. The lowest BCUT2D eigenvalue weighted by Gasteiger charge is -2.23. The second kappa shape index (κ2) is 6.88. The van der Waals surface area contributed by atoms with Crippen LogP contribution < -0.4 is 11.1 Å². The van der Waals surface area contributed by atoms with Gasteiger partial charge < -0.3 is 11.1 Å². The number of fused-ring (bicyclic) bond motifs is 1. The van der Waals surface area contributed by atoms with Crippen molar-refractivity contribution in [3.63, 3.8) is 0 Å². The van der Waals surface area contributed by atoms with Crippen LogP contribution in [0.2, 0.25) is 0 Å². The molecule has 1 aliphatic rings. The van der Waals surface area contributed by atoms with Crippen LogP contribution in [0.1, 0.15) is 29.9 Å². The number of amides is 1. The molecule has 1 aromatic heterocycles. The van der Waals surface area contributed by atoms with E-state index in [0.717, 1.165) is 18.8 Å². The van der Waals surface area contributed by atoms with Gasteiger partial charge in [0, 0.05) is 18.1 Å². The number of piperidine rings is 1. The van der Waals surface area contributed by atoms with Crippen molar-refractivity contribution in [2.24, 2.45) is 5.73 Å². The minimum absolute atomic E-state index is 0.0287. The van der Waals surface area contributed by atoms with Crippen LogP contribution in [0.3, 0.4) is 0 Å². The lowest BCUT2D eigenvalue weighted by Crippen LogP contribution is -2.28. The first-order valence-corrected chi connectivity index (χ1v) is 8.87. The number of hydrogen-bond acceptors (Lipinski definition) is 3.